The third kappa shape index (κ3) is 17.0. The first kappa shape index (κ1) is 34.6. The zero-order chi connectivity index (χ0) is 28.6. The molecule has 3 N–H and O–H groups in total. The van der Waals surface area contributed by atoms with Gasteiger partial charge in [-0.25, -0.2) is 0 Å². The largest absolute Gasteiger partial charge is 0.500 e. The highest BCUT2D eigenvalue weighted by atomic mass is 32.1. The topological polar surface area (TPSA) is 92.0 Å². The number of hydrogen-bond donors (Lipinski definition) is 3. The molecule has 0 aromatic carbocycles. The Hall–Kier alpha value is -2.39. The number of rotatable bonds is 12. The van der Waals surface area contributed by atoms with Gasteiger partial charge in [-0.1, -0.05) is 19.7 Å². The Morgan fingerprint density at radius 3 is 1.18 bits per heavy atom. The zero-order valence-corrected chi connectivity index (χ0v) is 25.2. The molecule has 0 bridgehead atoms. The first-order valence-electron chi connectivity index (χ1n) is 12.9. The average molecular weight is 605 g/mol. The van der Waals surface area contributed by atoms with Crippen molar-refractivity contribution in [2.45, 2.75) is 0 Å². The summed E-state index contributed by atoms with van der Waals surface area (Å²) in [6, 6.07) is 0. The number of nitrogens with one attached hydrogen (secondary N) is 3. The van der Waals surface area contributed by atoms with Crippen LogP contribution in [-0.4, -0.2) is 135 Å². The lowest BCUT2D eigenvalue weighted by atomic mass is 10.4. The molecular formula is C25H44N6O5S3. The highest BCUT2D eigenvalue weighted by Crippen LogP contribution is 2.01. The summed E-state index contributed by atoms with van der Waals surface area (Å²) in [6.45, 7) is 19.6. The molecule has 0 spiro atoms. The van der Waals surface area contributed by atoms with E-state index in [4.69, 9.17) is 60.3 Å². The molecule has 0 unspecified atom stereocenters. The van der Waals surface area contributed by atoms with Crippen molar-refractivity contribution < 1.29 is 23.7 Å². The third-order valence-electron chi connectivity index (χ3n) is 5.37. The van der Waals surface area contributed by atoms with Gasteiger partial charge in [0.2, 0.25) is 0 Å². The molecule has 1 fully saturated rings. The Kier molecular flexibility index (Phi) is 20.9. The number of hydrogen-bond acceptors (Lipinski definition) is 8. The minimum atomic E-state index is 0.464. The molecule has 0 saturated carbocycles. The van der Waals surface area contributed by atoms with Crippen molar-refractivity contribution in [3.05, 3.63) is 38.5 Å². The predicted molar refractivity (Wildman–Crippen MR) is 167 cm³/mol. The molecule has 0 amide bonds. The van der Waals surface area contributed by atoms with Gasteiger partial charge >= 0.3 is 0 Å². The minimum absolute atomic E-state index is 0.464. The van der Waals surface area contributed by atoms with Crippen molar-refractivity contribution in [2.75, 3.05) is 105 Å². The van der Waals surface area contributed by atoms with Crippen molar-refractivity contribution >= 4 is 52.0 Å². The van der Waals surface area contributed by atoms with Crippen LogP contribution in [0.3, 0.4) is 0 Å². The standard InChI is InChI=1S/C25H44N6O5S3/c1-4-32-16-7-26-23(37)29-10-12-30(24(38)27-8-17-33-5-2)14-19-35-21-22-36-20-15-31(13-11-29)25(39)28-9-18-34-6-3/h4-6H,1-3,7-22H2,(H,26,37)(H,27,38)(H,28,39). The molecule has 14 heteroatoms. The second kappa shape index (κ2) is 23.5. The summed E-state index contributed by atoms with van der Waals surface area (Å²) in [5.74, 6) is 0. The maximum absolute atomic E-state index is 5.79. The molecule has 0 aromatic heterocycles. The van der Waals surface area contributed by atoms with Crippen LogP contribution in [0.1, 0.15) is 0 Å². The van der Waals surface area contributed by atoms with Crippen LogP contribution in [-0.2, 0) is 23.7 Å². The van der Waals surface area contributed by atoms with E-state index in [1.165, 1.54) is 18.8 Å². The van der Waals surface area contributed by atoms with E-state index < -0.39 is 0 Å². The van der Waals surface area contributed by atoms with Gasteiger partial charge in [0.15, 0.2) is 15.3 Å². The number of ether oxygens (including phenoxy) is 5. The molecule has 39 heavy (non-hydrogen) atoms. The second-order valence-electron chi connectivity index (χ2n) is 7.99. The summed E-state index contributed by atoms with van der Waals surface area (Å²) >= 11 is 17.1. The molecule has 0 radical (unpaired) electrons. The summed E-state index contributed by atoms with van der Waals surface area (Å²) < 4.78 is 27.2. The normalized spacial score (nSPS) is 15.5. The molecular weight excluding hydrogens is 561 g/mol. The van der Waals surface area contributed by atoms with Crippen LogP contribution < -0.4 is 16.0 Å². The molecule has 0 atom stereocenters. The molecule has 1 heterocycles. The lowest BCUT2D eigenvalue weighted by Crippen LogP contribution is -2.51. The lowest BCUT2D eigenvalue weighted by molar-refractivity contribution is 0.0407. The third-order valence-corrected chi connectivity index (χ3v) is 6.57. The fraction of sp³-hybridized carbons (Fsp3) is 0.640. The Balaban J connectivity index is 2.93. The van der Waals surface area contributed by atoms with Crippen molar-refractivity contribution in [1.29, 1.82) is 0 Å². The van der Waals surface area contributed by atoms with Crippen molar-refractivity contribution in [3.63, 3.8) is 0 Å². The SMILES string of the molecule is C=COCCNC(=S)N1CCOCCOCCN(C(=S)NCCOC=C)CCN(C(=S)NCCOC=C)CC1. The summed E-state index contributed by atoms with van der Waals surface area (Å²) in [4.78, 5) is 6.25. The number of nitrogens with zero attached hydrogens (tertiary/aromatic N) is 3. The fourth-order valence-corrected chi connectivity index (χ4v) is 4.19. The van der Waals surface area contributed by atoms with Gasteiger partial charge in [0.1, 0.15) is 19.8 Å². The highest BCUT2D eigenvalue weighted by molar-refractivity contribution is 7.80. The first-order chi connectivity index (χ1) is 19.0. The minimum Gasteiger partial charge on any atom is -0.500 e. The molecule has 1 aliphatic rings. The Labute approximate surface area is 249 Å². The van der Waals surface area contributed by atoms with Crippen molar-refractivity contribution in [3.8, 4) is 0 Å². The van der Waals surface area contributed by atoms with Crippen molar-refractivity contribution in [1.82, 2.24) is 30.7 Å². The van der Waals surface area contributed by atoms with Gasteiger partial charge in [-0.15, -0.1) is 0 Å². The van der Waals surface area contributed by atoms with E-state index in [2.05, 4.69) is 50.4 Å². The Bertz CT molecular complexity index is 703. The van der Waals surface area contributed by atoms with Crippen LogP contribution in [0.4, 0.5) is 0 Å². The summed E-state index contributed by atoms with van der Waals surface area (Å²) in [6.07, 6.45) is 4.24. The monoisotopic (exact) mass is 604 g/mol. The van der Waals surface area contributed by atoms with Crippen LogP contribution in [0.15, 0.2) is 38.5 Å². The highest BCUT2D eigenvalue weighted by Gasteiger charge is 2.17. The Morgan fingerprint density at radius 1 is 0.564 bits per heavy atom. The second-order valence-corrected chi connectivity index (χ2v) is 9.15. The van der Waals surface area contributed by atoms with Crippen LogP contribution in [0, 0.1) is 0 Å². The van der Waals surface area contributed by atoms with Gasteiger partial charge in [0, 0.05) is 39.3 Å². The summed E-state index contributed by atoms with van der Waals surface area (Å²) in [5.41, 5.74) is 0. The smallest absolute Gasteiger partial charge is 0.169 e. The van der Waals surface area contributed by atoms with Gasteiger partial charge in [-0.3, -0.25) is 0 Å². The van der Waals surface area contributed by atoms with Crippen LogP contribution >= 0.6 is 36.7 Å². The fourth-order valence-electron chi connectivity index (χ4n) is 3.34. The average Bonchev–Trinajstić information content (AvgIpc) is 2.94. The maximum Gasteiger partial charge on any atom is 0.169 e. The first-order valence-corrected chi connectivity index (χ1v) is 14.2. The van der Waals surface area contributed by atoms with E-state index in [1.807, 2.05) is 0 Å². The van der Waals surface area contributed by atoms with E-state index in [-0.39, 0.29) is 0 Å². The molecule has 0 aromatic rings. The lowest BCUT2D eigenvalue weighted by Gasteiger charge is -2.33. The quantitative estimate of drug-likeness (QED) is 0.168. The maximum atomic E-state index is 5.79. The zero-order valence-electron chi connectivity index (χ0n) is 22.8. The molecule has 1 aliphatic heterocycles. The molecule has 0 aliphatic carbocycles. The molecule has 11 nitrogen and oxygen atoms in total. The summed E-state index contributed by atoms with van der Waals surface area (Å²) in [5, 5.41) is 11.6. The van der Waals surface area contributed by atoms with Crippen LogP contribution in [0.2, 0.25) is 0 Å². The van der Waals surface area contributed by atoms with Crippen molar-refractivity contribution in [2.24, 2.45) is 0 Å². The van der Waals surface area contributed by atoms with E-state index in [9.17, 15) is 0 Å². The molecule has 222 valence electrons. The van der Waals surface area contributed by atoms with Gasteiger partial charge < -0.3 is 54.3 Å². The van der Waals surface area contributed by atoms with E-state index in [0.717, 1.165) is 0 Å². The van der Waals surface area contributed by atoms with Crippen LogP contribution in [0.25, 0.3) is 0 Å². The predicted octanol–water partition coefficient (Wildman–Crippen LogP) is 1.04. The summed E-state index contributed by atoms with van der Waals surface area (Å²) in [7, 11) is 0. The Morgan fingerprint density at radius 2 is 0.872 bits per heavy atom. The van der Waals surface area contributed by atoms with Gasteiger partial charge in [0.25, 0.3) is 0 Å². The van der Waals surface area contributed by atoms with E-state index in [0.29, 0.717) is 120 Å². The van der Waals surface area contributed by atoms with Gasteiger partial charge in [-0.05, 0) is 36.7 Å². The van der Waals surface area contributed by atoms with Gasteiger partial charge in [0.05, 0.1) is 64.8 Å². The molecule has 1 saturated heterocycles. The van der Waals surface area contributed by atoms with E-state index in [1.54, 1.807) is 0 Å². The van der Waals surface area contributed by atoms with Gasteiger partial charge in [-0.2, -0.15) is 0 Å². The molecule has 1 rings (SSSR count). The van der Waals surface area contributed by atoms with E-state index >= 15 is 0 Å². The number of thiocarbonyl (C=S) groups is 3. The van der Waals surface area contributed by atoms with Crippen LogP contribution in [0.5, 0.6) is 0 Å².